The predicted molar refractivity (Wildman–Crippen MR) is 73.0 cm³/mol. The molecule has 1 aromatic rings. The summed E-state index contributed by atoms with van der Waals surface area (Å²) in [6.45, 7) is 4.68. The van der Waals surface area contributed by atoms with Crippen LogP contribution in [-0.2, 0) is 4.74 Å². The third-order valence-corrected chi connectivity index (χ3v) is 3.55. The molecule has 0 bridgehead atoms. The molecule has 1 saturated heterocycles. The maximum absolute atomic E-state index is 5.79. The summed E-state index contributed by atoms with van der Waals surface area (Å²) >= 11 is 0. The van der Waals surface area contributed by atoms with E-state index in [2.05, 4.69) is 36.5 Å². The lowest BCUT2D eigenvalue weighted by atomic mass is 10.0. The molecule has 1 fully saturated rings. The maximum Gasteiger partial charge on any atom is 0.119 e. The van der Waals surface area contributed by atoms with Crippen LogP contribution >= 0.6 is 0 Å². The highest BCUT2D eigenvalue weighted by atomic mass is 16.5. The second-order valence-electron chi connectivity index (χ2n) is 4.86. The van der Waals surface area contributed by atoms with Crippen molar-refractivity contribution in [2.45, 2.75) is 25.8 Å². The molecule has 1 N–H and O–H groups in total. The number of rotatable bonds is 6. The molecule has 1 aliphatic rings. The molecule has 3 nitrogen and oxygen atoms in total. The average molecular weight is 249 g/mol. The zero-order chi connectivity index (χ0) is 12.8. The molecule has 2 unspecified atom stereocenters. The van der Waals surface area contributed by atoms with Gasteiger partial charge < -0.3 is 14.8 Å². The zero-order valence-electron chi connectivity index (χ0n) is 11.3. The van der Waals surface area contributed by atoms with Gasteiger partial charge in [0.25, 0.3) is 0 Å². The molecule has 1 aromatic carbocycles. The maximum atomic E-state index is 5.79. The van der Waals surface area contributed by atoms with Crippen molar-refractivity contribution in [2.24, 2.45) is 5.92 Å². The molecule has 1 heterocycles. The number of hydrogen-bond donors (Lipinski definition) is 1. The van der Waals surface area contributed by atoms with E-state index in [1.165, 1.54) is 5.56 Å². The van der Waals surface area contributed by atoms with Gasteiger partial charge in [-0.05, 0) is 37.6 Å². The van der Waals surface area contributed by atoms with Crippen LogP contribution in [0.15, 0.2) is 24.3 Å². The van der Waals surface area contributed by atoms with Crippen LogP contribution in [0, 0.1) is 5.92 Å². The van der Waals surface area contributed by atoms with Crippen LogP contribution in [0.1, 0.15) is 31.4 Å². The van der Waals surface area contributed by atoms with Gasteiger partial charge >= 0.3 is 0 Å². The standard InChI is InChI=1S/C15H23NO2/c1-3-15(16-2)13-4-6-14(7-5-13)18-11-12-8-9-17-10-12/h4-7,12,15-16H,3,8-11H2,1-2H3. The summed E-state index contributed by atoms with van der Waals surface area (Å²) in [5, 5.41) is 3.31. The molecule has 1 aliphatic heterocycles. The molecule has 0 aliphatic carbocycles. The van der Waals surface area contributed by atoms with E-state index in [4.69, 9.17) is 9.47 Å². The summed E-state index contributed by atoms with van der Waals surface area (Å²) < 4.78 is 11.1. The topological polar surface area (TPSA) is 30.5 Å². The molecule has 0 amide bonds. The Morgan fingerprint density at radius 1 is 1.39 bits per heavy atom. The fourth-order valence-electron chi connectivity index (χ4n) is 2.33. The average Bonchev–Trinajstić information content (AvgIpc) is 2.92. The summed E-state index contributed by atoms with van der Waals surface area (Å²) in [6.07, 6.45) is 2.21. The van der Waals surface area contributed by atoms with Crippen LogP contribution in [0.2, 0.25) is 0 Å². The Morgan fingerprint density at radius 2 is 2.17 bits per heavy atom. The molecule has 100 valence electrons. The van der Waals surface area contributed by atoms with E-state index >= 15 is 0 Å². The molecular weight excluding hydrogens is 226 g/mol. The van der Waals surface area contributed by atoms with Crippen molar-refractivity contribution in [1.29, 1.82) is 0 Å². The van der Waals surface area contributed by atoms with E-state index < -0.39 is 0 Å². The SMILES string of the molecule is CCC(NC)c1ccc(OCC2CCOC2)cc1. The number of ether oxygens (including phenoxy) is 2. The molecule has 0 radical (unpaired) electrons. The van der Waals surface area contributed by atoms with Gasteiger partial charge in [-0.15, -0.1) is 0 Å². The van der Waals surface area contributed by atoms with Crippen LogP contribution in [-0.4, -0.2) is 26.9 Å². The van der Waals surface area contributed by atoms with E-state index in [1.807, 2.05) is 7.05 Å². The normalized spacial score (nSPS) is 20.9. The number of benzene rings is 1. The van der Waals surface area contributed by atoms with Crippen molar-refractivity contribution in [3.63, 3.8) is 0 Å². The highest BCUT2D eigenvalue weighted by Gasteiger charge is 2.16. The molecule has 0 saturated carbocycles. The van der Waals surface area contributed by atoms with Crippen molar-refractivity contribution in [3.8, 4) is 5.75 Å². The summed E-state index contributed by atoms with van der Waals surface area (Å²) in [5.41, 5.74) is 1.32. The first-order chi connectivity index (χ1) is 8.83. The molecule has 18 heavy (non-hydrogen) atoms. The minimum absolute atomic E-state index is 0.433. The first-order valence-electron chi connectivity index (χ1n) is 6.81. The van der Waals surface area contributed by atoms with Crippen molar-refractivity contribution >= 4 is 0 Å². The predicted octanol–water partition coefficient (Wildman–Crippen LogP) is 2.77. The highest BCUT2D eigenvalue weighted by Crippen LogP contribution is 2.21. The Morgan fingerprint density at radius 3 is 2.72 bits per heavy atom. The number of nitrogens with one attached hydrogen (secondary N) is 1. The molecule has 0 spiro atoms. The minimum Gasteiger partial charge on any atom is -0.493 e. The summed E-state index contributed by atoms with van der Waals surface area (Å²) in [4.78, 5) is 0. The fraction of sp³-hybridized carbons (Fsp3) is 0.600. The number of hydrogen-bond acceptors (Lipinski definition) is 3. The molecule has 3 heteroatoms. The summed E-state index contributed by atoms with van der Waals surface area (Å²) in [5.74, 6) is 1.52. The Balaban J connectivity index is 1.86. The minimum atomic E-state index is 0.433. The first kappa shape index (κ1) is 13.4. The summed E-state index contributed by atoms with van der Waals surface area (Å²) in [7, 11) is 2.00. The lowest BCUT2D eigenvalue weighted by molar-refractivity contribution is 0.167. The highest BCUT2D eigenvalue weighted by molar-refractivity contribution is 5.29. The van der Waals surface area contributed by atoms with Gasteiger partial charge in [0, 0.05) is 18.6 Å². The smallest absolute Gasteiger partial charge is 0.119 e. The second-order valence-corrected chi connectivity index (χ2v) is 4.86. The van der Waals surface area contributed by atoms with Gasteiger partial charge in [-0.25, -0.2) is 0 Å². The van der Waals surface area contributed by atoms with E-state index in [0.717, 1.165) is 38.4 Å². The van der Waals surface area contributed by atoms with Gasteiger partial charge in [0.1, 0.15) is 5.75 Å². The van der Waals surface area contributed by atoms with Crippen LogP contribution in [0.5, 0.6) is 5.75 Å². The Bertz CT molecular complexity index is 340. The Kier molecular flexibility index (Phi) is 5.02. The van der Waals surface area contributed by atoms with Gasteiger partial charge in [-0.2, -0.15) is 0 Å². The lowest BCUT2D eigenvalue weighted by Gasteiger charge is -2.15. The van der Waals surface area contributed by atoms with E-state index in [0.29, 0.717) is 12.0 Å². The zero-order valence-corrected chi connectivity index (χ0v) is 11.3. The van der Waals surface area contributed by atoms with E-state index in [1.54, 1.807) is 0 Å². The van der Waals surface area contributed by atoms with Crippen molar-refractivity contribution in [2.75, 3.05) is 26.9 Å². The Hall–Kier alpha value is -1.06. The van der Waals surface area contributed by atoms with Crippen molar-refractivity contribution < 1.29 is 9.47 Å². The van der Waals surface area contributed by atoms with E-state index in [-0.39, 0.29) is 0 Å². The van der Waals surface area contributed by atoms with Crippen molar-refractivity contribution in [3.05, 3.63) is 29.8 Å². The van der Waals surface area contributed by atoms with Gasteiger partial charge in [0.05, 0.1) is 13.2 Å². The van der Waals surface area contributed by atoms with Crippen LogP contribution in [0.25, 0.3) is 0 Å². The largest absolute Gasteiger partial charge is 0.493 e. The van der Waals surface area contributed by atoms with Gasteiger partial charge in [-0.1, -0.05) is 19.1 Å². The first-order valence-corrected chi connectivity index (χ1v) is 6.81. The fourth-order valence-corrected chi connectivity index (χ4v) is 2.33. The molecule has 2 rings (SSSR count). The monoisotopic (exact) mass is 249 g/mol. The quantitative estimate of drug-likeness (QED) is 0.841. The lowest BCUT2D eigenvalue weighted by Crippen LogP contribution is -2.15. The van der Waals surface area contributed by atoms with Crippen LogP contribution in [0.3, 0.4) is 0 Å². The van der Waals surface area contributed by atoms with Gasteiger partial charge in [0.15, 0.2) is 0 Å². The van der Waals surface area contributed by atoms with Gasteiger partial charge in [0.2, 0.25) is 0 Å². The summed E-state index contributed by atoms with van der Waals surface area (Å²) in [6, 6.07) is 8.84. The van der Waals surface area contributed by atoms with Crippen molar-refractivity contribution in [1.82, 2.24) is 5.32 Å². The van der Waals surface area contributed by atoms with Gasteiger partial charge in [-0.3, -0.25) is 0 Å². The van der Waals surface area contributed by atoms with Crippen LogP contribution < -0.4 is 10.1 Å². The second kappa shape index (κ2) is 6.76. The molecular formula is C15H23NO2. The molecule has 2 atom stereocenters. The molecule has 0 aromatic heterocycles. The third-order valence-electron chi connectivity index (χ3n) is 3.55. The van der Waals surface area contributed by atoms with Crippen LogP contribution in [0.4, 0.5) is 0 Å². The third kappa shape index (κ3) is 3.47. The Labute approximate surface area is 109 Å². The van der Waals surface area contributed by atoms with E-state index in [9.17, 15) is 0 Å².